The second-order valence-electron chi connectivity index (χ2n) is 4.24. The molecule has 0 aliphatic rings. The molecule has 0 saturated carbocycles. The zero-order valence-electron chi connectivity index (χ0n) is 10.2. The Morgan fingerprint density at radius 1 is 1.33 bits per heavy atom. The van der Waals surface area contributed by atoms with E-state index < -0.39 is 0 Å². The third kappa shape index (κ3) is 1.72. The molecule has 0 aliphatic carbocycles. The molecular formula is C14H14N4. The number of anilines is 1. The molecule has 0 fully saturated rings. The molecule has 4 nitrogen and oxygen atoms in total. The molecule has 3 aromatic rings. The molecule has 0 amide bonds. The van der Waals surface area contributed by atoms with Gasteiger partial charge in [0.25, 0.3) is 0 Å². The summed E-state index contributed by atoms with van der Waals surface area (Å²) in [5, 5.41) is 0. The van der Waals surface area contributed by atoms with Crippen molar-refractivity contribution in [1.82, 2.24) is 14.4 Å². The van der Waals surface area contributed by atoms with Gasteiger partial charge in [0.05, 0.1) is 11.9 Å². The Morgan fingerprint density at radius 2 is 2.22 bits per heavy atom. The average molecular weight is 238 g/mol. The van der Waals surface area contributed by atoms with E-state index in [1.165, 1.54) is 5.56 Å². The van der Waals surface area contributed by atoms with Crippen LogP contribution < -0.4 is 5.73 Å². The van der Waals surface area contributed by atoms with Crippen LogP contribution in [0.25, 0.3) is 16.9 Å². The molecule has 0 aliphatic heterocycles. The van der Waals surface area contributed by atoms with E-state index in [4.69, 9.17) is 5.73 Å². The van der Waals surface area contributed by atoms with Crippen molar-refractivity contribution >= 4 is 11.3 Å². The minimum absolute atomic E-state index is 0.824. The largest absolute Gasteiger partial charge is 0.398 e. The minimum Gasteiger partial charge on any atom is -0.398 e. The van der Waals surface area contributed by atoms with Gasteiger partial charge < -0.3 is 10.1 Å². The number of hydrogen-bond acceptors (Lipinski definition) is 3. The summed E-state index contributed by atoms with van der Waals surface area (Å²) < 4.78 is 1.95. The van der Waals surface area contributed by atoms with Crippen molar-refractivity contribution < 1.29 is 0 Å². The van der Waals surface area contributed by atoms with Crippen LogP contribution in [0.2, 0.25) is 0 Å². The quantitative estimate of drug-likeness (QED) is 0.698. The Morgan fingerprint density at radius 3 is 2.94 bits per heavy atom. The van der Waals surface area contributed by atoms with Gasteiger partial charge >= 0.3 is 0 Å². The fraction of sp³-hybridized carbons (Fsp3) is 0.143. The van der Waals surface area contributed by atoms with Gasteiger partial charge in [0.1, 0.15) is 0 Å². The number of benzene rings is 1. The maximum Gasteiger partial charge on any atom is 0.155 e. The van der Waals surface area contributed by atoms with Gasteiger partial charge in [-0.05, 0) is 18.1 Å². The molecular weight excluding hydrogens is 224 g/mol. The summed E-state index contributed by atoms with van der Waals surface area (Å²) in [6.45, 7) is 2.10. The summed E-state index contributed by atoms with van der Waals surface area (Å²) in [6, 6.07) is 6.10. The van der Waals surface area contributed by atoms with E-state index in [0.717, 1.165) is 29.0 Å². The van der Waals surface area contributed by atoms with Crippen molar-refractivity contribution in [2.45, 2.75) is 13.3 Å². The highest BCUT2D eigenvalue weighted by molar-refractivity contribution is 5.67. The summed E-state index contributed by atoms with van der Waals surface area (Å²) in [4.78, 5) is 8.58. The third-order valence-corrected chi connectivity index (χ3v) is 3.09. The number of nitrogen functional groups attached to an aromatic ring is 1. The molecule has 0 unspecified atom stereocenters. The summed E-state index contributed by atoms with van der Waals surface area (Å²) in [5.74, 6) is 0. The molecule has 0 atom stereocenters. The number of nitrogens with two attached hydrogens (primary N) is 1. The van der Waals surface area contributed by atoms with Gasteiger partial charge in [0.2, 0.25) is 0 Å². The number of nitrogens with zero attached hydrogens (tertiary/aromatic N) is 3. The molecule has 0 saturated heterocycles. The van der Waals surface area contributed by atoms with Crippen LogP contribution in [0.4, 0.5) is 5.69 Å². The maximum absolute atomic E-state index is 6.02. The highest BCUT2D eigenvalue weighted by atomic mass is 15.0. The second kappa shape index (κ2) is 4.14. The maximum atomic E-state index is 6.02. The first kappa shape index (κ1) is 10.8. The normalized spacial score (nSPS) is 10.9. The van der Waals surface area contributed by atoms with Gasteiger partial charge in [-0.1, -0.05) is 19.1 Å². The van der Waals surface area contributed by atoms with E-state index in [2.05, 4.69) is 29.0 Å². The van der Waals surface area contributed by atoms with Crippen LogP contribution >= 0.6 is 0 Å². The lowest BCUT2D eigenvalue weighted by molar-refractivity contribution is 1.13. The molecule has 2 aromatic heterocycles. The van der Waals surface area contributed by atoms with E-state index in [1.807, 2.05) is 22.9 Å². The summed E-state index contributed by atoms with van der Waals surface area (Å²) in [5.41, 5.74) is 10.8. The molecule has 0 bridgehead atoms. The zero-order chi connectivity index (χ0) is 12.5. The van der Waals surface area contributed by atoms with Gasteiger partial charge in [0, 0.05) is 29.8 Å². The molecule has 4 heteroatoms. The topological polar surface area (TPSA) is 56.2 Å². The van der Waals surface area contributed by atoms with Gasteiger partial charge in [-0.25, -0.2) is 4.98 Å². The highest BCUT2D eigenvalue weighted by Gasteiger charge is 2.06. The smallest absolute Gasteiger partial charge is 0.155 e. The molecule has 3 rings (SSSR count). The van der Waals surface area contributed by atoms with Crippen molar-refractivity contribution in [3.63, 3.8) is 0 Å². The summed E-state index contributed by atoms with van der Waals surface area (Å²) in [6.07, 6.45) is 8.30. The SMILES string of the molecule is CCc1ccc(-c2cn3ccncc3n2)cc1N. The molecule has 18 heavy (non-hydrogen) atoms. The molecule has 90 valence electrons. The zero-order valence-corrected chi connectivity index (χ0v) is 10.2. The van der Waals surface area contributed by atoms with Crippen LogP contribution in [0.5, 0.6) is 0 Å². The Kier molecular flexibility index (Phi) is 2.48. The van der Waals surface area contributed by atoms with Crippen LogP contribution in [0.1, 0.15) is 12.5 Å². The predicted octanol–water partition coefficient (Wildman–Crippen LogP) is 2.54. The standard InChI is InChI=1S/C14H14N4/c1-2-10-3-4-11(7-12(10)15)13-9-18-6-5-16-8-14(18)17-13/h3-9H,2,15H2,1H3. The minimum atomic E-state index is 0.824. The van der Waals surface area contributed by atoms with E-state index in [9.17, 15) is 0 Å². The van der Waals surface area contributed by atoms with Crippen molar-refractivity contribution in [1.29, 1.82) is 0 Å². The van der Waals surface area contributed by atoms with E-state index in [0.29, 0.717) is 0 Å². The molecule has 0 spiro atoms. The van der Waals surface area contributed by atoms with Crippen LogP contribution in [0.15, 0.2) is 43.0 Å². The molecule has 0 radical (unpaired) electrons. The van der Waals surface area contributed by atoms with Crippen molar-refractivity contribution in [2.75, 3.05) is 5.73 Å². The third-order valence-electron chi connectivity index (χ3n) is 3.09. The van der Waals surface area contributed by atoms with E-state index in [-0.39, 0.29) is 0 Å². The first-order valence-corrected chi connectivity index (χ1v) is 5.95. The average Bonchev–Trinajstić information content (AvgIpc) is 2.82. The second-order valence-corrected chi connectivity index (χ2v) is 4.24. The van der Waals surface area contributed by atoms with Crippen molar-refractivity contribution in [3.8, 4) is 11.3 Å². The number of imidazole rings is 1. The predicted molar refractivity (Wildman–Crippen MR) is 72.2 cm³/mol. The fourth-order valence-electron chi connectivity index (χ4n) is 2.06. The highest BCUT2D eigenvalue weighted by Crippen LogP contribution is 2.23. The van der Waals surface area contributed by atoms with Crippen LogP contribution in [-0.4, -0.2) is 14.4 Å². The summed E-state index contributed by atoms with van der Waals surface area (Å²) >= 11 is 0. The van der Waals surface area contributed by atoms with Crippen molar-refractivity contribution in [2.24, 2.45) is 0 Å². The van der Waals surface area contributed by atoms with Crippen LogP contribution in [-0.2, 0) is 6.42 Å². The van der Waals surface area contributed by atoms with Gasteiger partial charge in [-0.3, -0.25) is 4.98 Å². The van der Waals surface area contributed by atoms with E-state index in [1.54, 1.807) is 12.4 Å². The Bertz CT molecular complexity index is 667. The van der Waals surface area contributed by atoms with Gasteiger partial charge in [0.15, 0.2) is 5.65 Å². The number of rotatable bonds is 2. The lowest BCUT2D eigenvalue weighted by Gasteiger charge is -2.04. The number of aromatic nitrogens is 3. The lowest BCUT2D eigenvalue weighted by Crippen LogP contribution is -1.93. The fourth-order valence-corrected chi connectivity index (χ4v) is 2.06. The molecule has 2 N–H and O–H groups in total. The van der Waals surface area contributed by atoms with Crippen LogP contribution in [0.3, 0.4) is 0 Å². The number of aryl methyl sites for hydroxylation is 1. The first-order valence-electron chi connectivity index (χ1n) is 5.95. The molecule has 2 heterocycles. The van der Waals surface area contributed by atoms with Gasteiger partial charge in [-0.15, -0.1) is 0 Å². The Hall–Kier alpha value is -2.36. The van der Waals surface area contributed by atoms with E-state index >= 15 is 0 Å². The Balaban J connectivity index is 2.11. The van der Waals surface area contributed by atoms with Crippen LogP contribution in [0, 0.1) is 0 Å². The van der Waals surface area contributed by atoms with Crippen molar-refractivity contribution in [3.05, 3.63) is 48.5 Å². The lowest BCUT2D eigenvalue weighted by atomic mass is 10.1. The monoisotopic (exact) mass is 238 g/mol. The number of fused-ring (bicyclic) bond motifs is 1. The Labute approximate surface area is 105 Å². The molecule has 1 aromatic carbocycles. The summed E-state index contributed by atoms with van der Waals surface area (Å²) in [7, 11) is 0. The van der Waals surface area contributed by atoms with Gasteiger partial charge in [-0.2, -0.15) is 0 Å². The number of hydrogen-bond donors (Lipinski definition) is 1. The first-order chi connectivity index (χ1) is 8.78.